The molecular formula is C17H30N4O. The molecule has 1 saturated heterocycles. The Morgan fingerprint density at radius 3 is 2.41 bits per heavy atom. The van der Waals surface area contributed by atoms with Crippen molar-refractivity contribution in [2.75, 3.05) is 18.4 Å². The van der Waals surface area contributed by atoms with E-state index in [0.29, 0.717) is 6.42 Å². The van der Waals surface area contributed by atoms with E-state index in [0.717, 1.165) is 49.6 Å². The van der Waals surface area contributed by atoms with Gasteiger partial charge in [-0.15, -0.1) is 0 Å². The van der Waals surface area contributed by atoms with Crippen molar-refractivity contribution in [2.24, 2.45) is 0 Å². The smallest absolute Gasteiger partial charge is 0.224 e. The van der Waals surface area contributed by atoms with E-state index < -0.39 is 0 Å². The van der Waals surface area contributed by atoms with Crippen LogP contribution >= 0.6 is 0 Å². The summed E-state index contributed by atoms with van der Waals surface area (Å²) in [6.07, 6.45) is 5.36. The van der Waals surface area contributed by atoms with Crippen molar-refractivity contribution in [1.82, 2.24) is 14.7 Å². The second-order valence-corrected chi connectivity index (χ2v) is 6.41. The van der Waals surface area contributed by atoms with Crippen LogP contribution in [-0.2, 0) is 11.3 Å². The first-order chi connectivity index (χ1) is 10.5. The number of carbonyl (C=O) groups is 1. The Bertz CT molecular complexity index is 501. The summed E-state index contributed by atoms with van der Waals surface area (Å²) in [5.74, 6) is 0.278. The zero-order chi connectivity index (χ0) is 16.1. The van der Waals surface area contributed by atoms with E-state index in [-0.39, 0.29) is 11.9 Å². The summed E-state index contributed by atoms with van der Waals surface area (Å²) in [4.78, 5) is 14.5. The third-order valence-corrected chi connectivity index (χ3v) is 4.51. The van der Waals surface area contributed by atoms with Crippen molar-refractivity contribution < 1.29 is 4.79 Å². The molecule has 1 fully saturated rings. The van der Waals surface area contributed by atoms with E-state index in [9.17, 15) is 4.79 Å². The fourth-order valence-electron chi connectivity index (χ4n) is 3.22. The zero-order valence-electron chi connectivity index (χ0n) is 14.5. The SMILES string of the molecule is CCn1nc(C)c(N[C@@H](C)CC(=O)N2CCCCCC2)c1C. The monoisotopic (exact) mass is 306 g/mol. The van der Waals surface area contributed by atoms with E-state index in [4.69, 9.17) is 0 Å². The van der Waals surface area contributed by atoms with Gasteiger partial charge in [-0.3, -0.25) is 9.48 Å². The Morgan fingerprint density at radius 2 is 1.86 bits per heavy atom. The number of rotatable bonds is 5. The van der Waals surface area contributed by atoms with Crippen LogP contribution < -0.4 is 5.32 Å². The highest BCUT2D eigenvalue weighted by molar-refractivity contribution is 5.77. The number of amides is 1. The van der Waals surface area contributed by atoms with Crippen LogP contribution in [0, 0.1) is 13.8 Å². The third kappa shape index (κ3) is 4.02. The molecule has 5 heteroatoms. The molecule has 0 aliphatic carbocycles. The van der Waals surface area contributed by atoms with Crippen molar-refractivity contribution >= 4 is 11.6 Å². The Hall–Kier alpha value is -1.52. The summed E-state index contributed by atoms with van der Waals surface area (Å²) in [5.41, 5.74) is 3.24. The van der Waals surface area contributed by atoms with Gasteiger partial charge in [0, 0.05) is 32.1 Å². The molecule has 0 saturated carbocycles. The molecule has 0 aromatic carbocycles. The molecule has 5 nitrogen and oxygen atoms in total. The van der Waals surface area contributed by atoms with Crippen molar-refractivity contribution in [1.29, 1.82) is 0 Å². The molecular weight excluding hydrogens is 276 g/mol. The van der Waals surface area contributed by atoms with Crippen molar-refractivity contribution in [3.05, 3.63) is 11.4 Å². The van der Waals surface area contributed by atoms with Crippen LogP contribution in [0.25, 0.3) is 0 Å². The molecule has 0 radical (unpaired) electrons. The highest BCUT2D eigenvalue weighted by atomic mass is 16.2. The van der Waals surface area contributed by atoms with E-state index in [1.54, 1.807) is 0 Å². The predicted molar refractivity (Wildman–Crippen MR) is 90.1 cm³/mol. The second-order valence-electron chi connectivity index (χ2n) is 6.41. The average Bonchev–Trinajstić information content (AvgIpc) is 2.71. The van der Waals surface area contributed by atoms with Gasteiger partial charge in [-0.05, 0) is 40.5 Å². The van der Waals surface area contributed by atoms with Gasteiger partial charge < -0.3 is 10.2 Å². The third-order valence-electron chi connectivity index (χ3n) is 4.51. The van der Waals surface area contributed by atoms with E-state index in [1.165, 1.54) is 12.8 Å². The van der Waals surface area contributed by atoms with E-state index in [1.807, 2.05) is 16.5 Å². The lowest BCUT2D eigenvalue weighted by Crippen LogP contribution is -2.35. The zero-order valence-corrected chi connectivity index (χ0v) is 14.5. The molecule has 2 heterocycles. The number of nitrogens with zero attached hydrogens (tertiary/aromatic N) is 3. The summed E-state index contributed by atoms with van der Waals surface area (Å²) < 4.78 is 2.00. The van der Waals surface area contributed by atoms with Crippen molar-refractivity contribution in [3.63, 3.8) is 0 Å². The van der Waals surface area contributed by atoms with Gasteiger partial charge in [0.05, 0.1) is 17.1 Å². The Morgan fingerprint density at radius 1 is 1.23 bits per heavy atom. The largest absolute Gasteiger partial charge is 0.379 e. The normalized spacial score (nSPS) is 17.2. The minimum absolute atomic E-state index is 0.127. The van der Waals surface area contributed by atoms with Crippen molar-refractivity contribution in [3.8, 4) is 0 Å². The maximum absolute atomic E-state index is 12.4. The van der Waals surface area contributed by atoms with Crippen LogP contribution in [0.2, 0.25) is 0 Å². The van der Waals surface area contributed by atoms with Crippen LogP contribution in [-0.4, -0.2) is 39.7 Å². The maximum Gasteiger partial charge on any atom is 0.224 e. The maximum atomic E-state index is 12.4. The second kappa shape index (κ2) is 7.65. The molecule has 1 amide bonds. The van der Waals surface area contributed by atoms with Gasteiger partial charge in [-0.1, -0.05) is 12.8 Å². The minimum Gasteiger partial charge on any atom is -0.379 e. The molecule has 1 aliphatic heterocycles. The number of hydrogen-bond donors (Lipinski definition) is 1. The van der Waals surface area contributed by atoms with Gasteiger partial charge in [0.25, 0.3) is 0 Å². The number of nitrogens with one attached hydrogen (secondary N) is 1. The first-order valence-electron chi connectivity index (χ1n) is 8.61. The first-order valence-corrected chi connectivity index (χ1v) is 8.61. The van der Waals surface area contributed by atoms with Crippen LogP contribution in [0.3, 0.4) is 0 Å². The summed E-state index contributed by atoms with van der Waals surface area (Å²) in [6, 6.07) is 0.127. The molecule has 1 atom stereocenters. The molecule has 124 valence electrons. The number of likely N-dealkylation sites (tertiary alicyclic amines) is 1. The van der Waals surface area contributed by atoms with E-state index >= 15 is 0 Å². The lowest BCUT2D eigenvalue weighted by Gasteiger charge is -2.23. The van der Waals surface area contributed by atoms with Crippen LogP contribution in [0.1, 0.15) is 57.3 Å². The van der Waals surface area contributed by atoms with E-state index in [2.05, 4.69) is 31.2 Å². The summed E-state index contributed by atoms with van der Waals surface area (Å²) >= 11 is 0. The lowest BCUT2D eigenvalue weighted by molar-refractivity contribution is -0.131. The highest BCUT2D eigenvalue weighted by Gasteiger charge is 2.19. The highest BCUT2D eigenvalue weighted by Crippen LogP contribution is 2.21. The predicted octanol–water partition coefficient (Wildman–Crippen LogP) is 3.11. The minimum atomic E-state index is 0.127. The summed E-state index contributed by atoms with van der Waals surface area (Å²) in [7, 11) is 0. The Balaban J connectivity index is 1.93. The van der Waals surface area contributed by atoms with Crippen LogP contribution in [0.15, 0.2) is 0 Å². The molecule has 1 N–H and O–H groups in total. The number of aryl methyl sites for hydroxylation is 2. The quantitative estimate of drug-likeness (QED) is 0.909. The first kappa shape index (κ1) is 16.8. The van der Waals surface area contributed by atoms with Gasteiger partial charge in [0.1, 0.15) is 0 Å². The number of carbonyl (C=O) groups excluding carboxylic acids is 1. The van der Waals surface area contributed by atoms with Gasteiger partial charge in [0.15, 0.2) is 0 Å². The summed E-state index contributed by atoms with van der Waals surface area (Å²) in [6.45, 7) is 11.0. The Labute approximate surface area is 134 Å². The number of aromatic nitrogens is 2. The molecule has 0 unspecified atom stereocenters. The molecule has 1 aromatic rings. The average molecular weight is 306 g/mol. The molecule has 1 aliphatic rings. The number of anilines is 1. The number of hydrogen-bond acceptors (Lipinski definition) is 3. The Kier molecular flexibility index (Phi) is 5.86. The fraction of sp³-hybridized carbons (Fsp3) is 0.765. The topological polar surface area (TPSA) is 50.2 Å². The molecule has 22 heavy (non-hydrogen) atoms. The summed E-state index contributed by atoms with van der Waals surface area (Å²) in [5, 5.41) is 8.01. The van der Waals surface area contributed by atoms with Crippen molar-refractivity contribution in [2.45, 2.75) is 72.4 Å². The molecule has 0 bridgehead atoms. The van der Waals surface area contributed by atoms with Gasteiger partial charge >= 0.3 is 0 Å². The van der Waals surface area contributed by atoms with Crippen LogP contribution in [0.4, 0.5) is 5.69 Å². The fourth-order valence-corrected chi connectivity index (χ4v) is 3.22. The van der Waals surface area contributed by atoms with Gasteiger partial charge in [-0.25, -0.2) is 0 Å². The standard InChI is InChI=1S/C17H30N4O/c1-5-21-15(4)17(14(3)19-21)18-13(2)12-16(22)20-10-8-6-7-9-11-20/h13,18H,5-12H2,1-4H3/t13-/m0/s1. The van der Waals surface area contributed by atoms with Gasteiger partial charge in [0.2, 0.25) is 5.91 Å². The lowest BCUT2D eigenvalue weighted by atomic mass is 10.2. The molecule has 2 rings (SSSR count). The van der Waals surface area contributed by atoms with Crippen LogP contribution in [0.5, 0.6) is 0 Å². The van der Waals surface area contributed by atoms with Gasteiger partial charge in [-0.2, -0.15) is 5.10 Å². The molecule has 0 spiro atoms. The molecule has 1 aromatic heterocycles.